The third-order valence-electron chi connectivity index (χ3n) is 3.65. The van der Waals surface area contributed by atoms with Gasteiger partial charge in [0.15, 0.2) is 0 Å². The first kappa shape index (κ1) is 18.2. The van der Waals surface area contributed by atoms with Crippen LogP contribution in [0.25, 0.3) is 6.08 Å². The molecule has 2 amide bonds. The van der Waals surface area contributed by atoms with E-state index < -0.39 is 0 Å². The van der Waals surface area contributed by atoms with E-state index in [1.165, 1.54) is 16.7 Å². The lowest BCUT2D eigenvalue weighted by atomic mass is 10.2. The number of hydrogen-bond donors (Lipinski definition) is 1. The van der Waals surface area contributed by atoms with E-state index in [9.17, 15) is 9.59 Å². The molecule has 2 aromatic rings. The number of nitrogens with one attached hydrogen (secondary N) is 1. The second-order valence-electron chi connectivity index (χ2n) is 5.46. The summed E-state index contributed by atoms with van der Waals surface area (Å²) in [4.78, 5) is 26.6. The number of carbonyl (C=O) groups excluding carboxylic acids is 2. The zero-order valence-electron chi connectivity index (χ0n) is 14.0. The maximum Gasteiger partial charge on any atom is 0.266 e. The standard InChI is InChI=1S/C19H16N2O3S2/c1-24-15-9-7-13(8-10-15)11-16-18(23)21(19(25)26-16)12-17(22)20-14-5-3-2-4-6-14/h2-11H,12H2,1H3,(H,20,22)/b16-11+. The maximum absolute atomic E-state index is 12.6. The van der Waals surface area contributed by atoms with Gasteiger partial charge in [-0.05, 0) is 35.9 Å². The summed E-state index contributed by atoms with van der Waals surface area (Å²) in [6.45, 7) is -0.112. The summed E-state index contributed by atoms with van der Waals surface area (Å²) in [5, 5.41) is 2.75. The zero-order valence-corrected chi connectivity index (χ0v) is 15.6. The molecule has 5 nitrogen and oxygen atoms in total. The van der Waals surface area contributed by atoms with E-state index in [0.717, 1.165) is 11.3 Å². The first-order valence-electron chi connectivity index (χ1n) is 7.81. The lowest BCUT2D eigenvalue weighted by molar-refractivity contribution is -0.126. The Morgan fingerprint density at radius 3 is 2.54 bits per heavy atom. The van der Waals surface area contributed by atoms with Crippen molar-refractivity contribution < 1.29 is 14.3 Å². The van der Waals surface area contributed by atoms with Crippen molar-refractivity contribution in [3.05, 3.63) is 65.1 Å². The van der Waals surface area contributed by atoms with E-state index in [2.05, 4.69) is 5.32 Å². The number of benzene rings is 2. The van der Waals surface area contributed by atoms with Gasteiger partial charge in [0.05, 0.1) is 12.0 Å². The van der Waals surface area contributed by atoms with Gasteiger partial charge in [0.2, 0.25) is 5.91 Å². The van der Waals surface area contributed by atoms with Crippen LogP contribution in [0.15, 0.2) is 59.5 Å². The Morgan fingerprint density at radius 1 is 1.19 bits per heavy atom. The highest BCUT2D eigenvalue weighted by atomic mass is 32.2. The second-order valence-corrected chi connectivity index (χ2v) is 7.13. The molecule has 7 heteroatoms. The number of thiocarbonyl (C=S) groups is 1. The van der Waals surface area contributed by atoms with Crippen LogP contribution >= 0.6 is 24.0 Å². The highest BCUT2D eigenvalue weighted by molar-refractivity contribution is 8.26. The van der Waals surface area contributed by atoms with Crippen molar-refractivity contribution in [1.29, 1.82) is 0 Å². The normalized spacial score (nSPS) is 15.4. The summed E-state index contributed by atoms with van der Waals surface area (Å²) in [7, 11) is 1.60. The van der Waals surface area contributed by atoms with Gasteiger partial charge in [-0.2, -0.15) is 0 Å². The van der Waals surface area contributed by atoms with E-state index in [1.54, 1.807) is 25.3 Å². The van der Waals surface area contributed by atoms with Crippen molar-refractivity contribution in [3.8, 4) is 5.75 Å². The molecule has 1 heterocycles. The molecule has 26 heavy (non-hydrogen) atoms. The third kappa shape index (κ3) is 4.30. The molecule has 0 unspecified atom stereocenters. The fraction of sp³-hybridized carbons (Fsp3) is 0.105. The van der Waals surface area contributed by atoms with Crippen molar-refractivity contribution in [2.24, 2.45) is 0 Å². The van der Waals surface area contributed by atoms with E-state index in [0.29, 0.717) is 14.9 Å². The summed E-state index contributed by atoms with van der Waals surface area (Å²) in [6.07, 6.45) is 1.76. The van der Waals surface area contributed by atoms with E-state index in [1.807, 2.05) is 42.5 Å². The molecular weight excluding hydrogens is 368 g/mol. The summed E-state index contributed by atoms with van der Waals surface area (Å²) in [5.74, 6) is 0.185. The van der Waals surface area contributed by atoms with Gasteiger partial charge in [-0.1, -0.05) is 54.3 Å². The molecule has 2 aromatic carbocycles. The predicted molar refractivity (Wildman–Crippen MR) is 108 cm³/mol. The summed E-state index contributed by atoms with van der Waals surface area (Å²) in [6, 6.07) is 16.4. The van der Waals surface area contributed by atoms with Gasteiger partial charge in [-0.25, -0.2) is 0 Å². The molecule has 1 fully saturated rings. The van der Waals surface area contributed by atoms with Crippen molar-refractivity contribution in [3.63, 3.8) is 0 Å². The molecule has 0 atom stereocenters. The van der Waals surface area contributed by atoms with Gasteiger partial charge >= 0.3 is 0 Å². The summed E-state index contributed by atoms with van der Waals surface area (Å²) in [5.41, 5.74) is 1.54. The molecule has 1 aliphatic heterocycles. The van der Waals surface area contributed by atoms with E-state index in [-0.39, 0.29) is 18.4 Å². The number of ether oxygens (including phenoxy) is 1. The molecule has 132 valence electrons. The number of hydrogen-bond acceptors (Lipinski definition) is 5. The van der Waals surface area contributed by atoms with Crippen LogP contribution in [0.4, 0.5) is 5.69 Å². The third-order valence-corrected chi connectivity index (χ3v) is 5.02. The Hall–Kier alpha value is -2.64. The molecule has 1 N–H and O–H groups in total. The average Bonchev–Trinajstić information content (AvgIpc) is 2.90. The molecule has 0 saturated carbocycles. The number of para-hydroxylation sites is 1. The minimum absolute atomic E-state index is 0.112. The Labute approximate surface area is 161 Å². The molecule has 0 aliphatic carbocycles. The number of amides is 2. The van der Waals surface area contributed by atoms with Crippen molar-refractivity contribution in [1.82, 2.24) is 4.90 Å². The molecule has 1 saturated heterocycles. The minimum atomic E-state index is -0.293. The highest BCUT2D eigenvalue weighted by Crippen LogP contribution is 2.32. The number of methoxy groups -OCH3 is 1. The molecule has 0 aromatic heterocycles. The first-order valence-corrected chi connectivity index (χ1v) is 9.03. The maximum atomic E-state index is 12.6. The Bertz CT molecular complexity index is 864. The van der Waals surface area contributed by atoms with Crippen LogP contribution in [0.5, 0.6) is 5.75 Å². The SMILES string of the molecule is COc1ccc(/C=C2/SC(=S)N(CC(=O)Nc3ccccc3)C2=O)cc1. The lowest BCUT2D eigenvalue weighted by Crippen LogP contribution is -2.36. The molecule has 1 aliphatic rings. The molecule has 0 radical (unpaired) electrons. The van der Waals surface area contributed by atoms with E-state index in [4.69, 9.17) is 17.0 Å². The van der Waals surface area contributed by atoms with Gasteiger partial charge in [0.1, 0.15) is 16.6 Å². The minimum Gasteiger partial charge on any atom is -0.497 e. The second kappa shape index (κ2) is 8.16. The fourth-order valence-corrected chi connectivity index (χ4v) is 3.61. The van der Waals surface area contributed by atoms with E-state index >= 15 is 0 Å². The summed E-state index contributed by atoms with van der Waals surface area (Å²) < 4.78 is 5.49. The van der Waals surface area contributed by atoms with Crippen LogP contribution in [0.3, 0.4) is 0 Å². The van der Waals surface area contributed by atoms with Crippen LogP contribution in [0.1, 0.15) is 5.56 Å². The van der Waals surface area contributed by atoms with Gasteiger partial charge < -0.3 is 10.1 Å². The monoisotopic (exact) mass is 384 g/mol. The largest absolute Gasteiger partial charge is 0.497 e. The molecule has 0 spiro atoms. The number of thioether (sulfide) groups is 1. The van der Waals surface area contributed by atoms with Gasteiger partial charge in [-0.15, -0.1) is 0 Å². The van der Waals surface area contributed by atoms with Crippen molar-refractivity contribution >= 4 is 51.9 Å². The van der Waals surface area contributed by atoms with Crippen LogP contribution in [0.2, 0.25) is 0 Å². The van der Waals surface area contributed by atoms with Crippen LogP contribution in [-0.2, 0) is 9.59 Å². The Morgan fingerprint density at radius 2 is 1.88 bits per heavy atom. The average molecular weight is 384 g/mol. The Kier molecular flexibility index (Phi) is 5.70. The quantitative estimate of drug-likeness (QED) is 0.631. The first-order chi connectivity index (χ1) is 12.6. The van der Waals surface area contributed by atoms with Crippen LogP contribution in [-0.4, -0.2) is 34.7 Å². The molecule has 0 bridgehead atoms. The van der Waals surface area contributed by atoms with Crippen LogP contribution in [0, 0.1) is 0 Å². The number of rotatable bonds is 5. The number of nitrogens with zero attached hydrogens (tertiary/aromatic N) is 1. The molecule has 3 rings (SSSR count). The Balaban J connectivity index is 1.68. The van der Waals surface area contributed by atoms with Gasteiger partial charge in [0, 0.05) is 5.69 Å². The van der Waals surface area contributed by atoms with Gasteiger partial charge in [-0.3, -0.25) is 14.5 Å². The summed E-state index contributed by atoms with van der Waals surface area (Å²) >= 11 is 6.45. The van der Waals surface area contributed by atoms with Crippen molar-refractivity contribution in [2.75, 3.05) is 19.0 Å². The fourth-order valence-electron chi connectivity index (χ4n) is 2.35. The highest BCUT2D eigenvalue weighted by Gasteiger charge is 2.33. The van der Waals surface area contributed by atoms with Crippen molar-refractivity contribution in [2.45, 2.75) is 0 Å². The number of anilines is 1. The topological polar surface area (TPSA) is 58.6 Å². The smallest absolute Gasteiger partial charge is 0.266 e. The lowest BCUT2D eigenvalue weighted by Gasteiger charge is -2.14. The van der Waals surface area contributed by atoms with Gasteiger partial charge in [0.25, 0.3) is 5.91 Å². The number of carbonyl (C=O) groups is 2. The predicted octanol–water partition coefficient (Wildman–Crippen LogP) is 3.54. The zero-order chi connectivity index (χ0) is 18.5. The van der Waals surface area contributed by atoms with Crippen LogP contribution < -0.4 is 10.1 Å². The molecular formula is C19H16N2O3S2.